The van der Waals surface area contributed by atoms with E-state index in [-0.39, 0.29) is 29.7 Å². The first kappa shape index (κ1) is 30.8. The number of aliphatic carboxylic acids is 1. The highest BCUT2D eigenvalue weighted by atomic mass is 16.4. The Morgan fingerprint density at radius 3 is 2.50 bits per heavy atom. The molecule has 12 nitrogen and oxygen atoms in total. The van der Waals surface area contributed by atoms with Crippen molar-refractivity contribution >= 4 is 34.7 Å². The van der Waals surface area contributed by atoms with Crippen molar-refractivity contribution in [2.45, 2.75) is 71.4 Å². The molecule has 3 aromatic rings. The predicted octanol–water partition coefficient (Wildman–Crippen LogP) is 3.76. The van der Waals surface area contributed by atoms with Crippen molar-refractivity contribution in [3.8, 4) is 0 Å². The van der Waals surface area contributed by atoms with Crippen molar-refractivity contribution in [2.75, 3.05) is 19.6 Å². The molecule has 0 radical (unpaired) electrons. The van der Waals surface area contributed by atoms with Crippen molar-refractivity contribution < 1.29 is 28.7 Å². The number of imide groups is 1. The van der Waals surface area contributed by atoms with Gasteiger partial charge in [-0.15, -0.1) is 0 Å². The lowest BCUT2D eigenvalue weighted by atomic mass is 10.00. The summed E-state index contributed by atoms with van der Waals surface area (Å²) in [7, 11) is 0. The molecule has 226 valence electrons. The number of hydrogen-bond acceptors (Lipinski definition) is 7. The van der Waals surface area contributed by atoms with Gasteiger partial charge in [-0.3, -0.25) is 14.4 Å². The quantitative estimate of drug-likeness (QED) is 0.280. The number of benzene rings is 1. The minimum Gasteiger partial charge on any atom is -0.480 e. The molecule has 4 amide bonds. The molecule has 0 aliphatic carbocycles. The minimum absolute atomic E-state index is 0.00785. The molecule has 12 heteroatoms. The van der Waals surface area contributed by atoms with Crippen LogP contribution < -0.4 is 11.1 Å². The average Bonchev–Trinajstić information content (AvgIpc) is 3.42. The lowest BCUT2D eigenvalue weighted by Gasteiger charge is -2.34. The third-order valence-corrected chi connectivity index (χ3v) is 7.48. The van der Waals surface area contributed by atoms with Gasteiger partial charge in [0.05, 0.1) is 6.04 Å². The fourth-order valence-corrected chi connectivity index (χ4v) is 5.39. The number of H-pyrrole nitrogens is 1. The standard InChI is InChI=1S/C30H40N6O6/c1-18(2)14-22(31)29(40)36(30(41)35-12-8-4-5-9-13-35)24(15-20-16-32-23-11-7-6-10-21(20)23)28-34-26(19(3)42-28)27(39)33-17-25(37)38/h6-7,10-11,16,18,22,24,32H,4-5,8-9,12-15,17,31H2,1-3H3,(H,33,39)(H,37,38)/t22-,24+/m0/s1. The van der Waals surface area contributed by atoms with Crippen molar-refractivity contribution in [3.05, 3.63) is 53.4 Å². The molecule has 0 saturated carbocycles. The van der Waals surface area contributed by atoms with E-state index in [0.717, 1.165) is 42.1 Å². The molecule has 0 unspecified atom stereocenters. The molecule has 2 atom stereocenters. The van der Waals surface area contributed by atoms with Crippen molar-refractivity contribution in [3.63, 3.8) is 0 Å². The number of amides is 4. The summed E-state index contributed by atoms with van der Waals surface area (Å²) in [6.07, 6.45) is 5.99. The van der Waals surface area contributed by atoms with Crippen LogP contribution in [0.25, 0.3) is 10.9 Å². The van der Waals surface area contributed by atoms with Crippen LogP contribution >= 0.6 is 0 Å². The van der Waals surface area contributed by atoms with Crippen LogP contribution in [0.2, 0.25) is 0 Å². The molecule has 5 N–H and O–H groups in total. The van der Waals surface area contributed by atoms with E-state index >= 15 is 0 Å². The molecule has 4 rings (SSSR count). The molecular weight excluding hydrogens is 540 g/mol. The van der Waals surface area contributed by atoms with Gasteiger partial charge in [0, 0.05) is 36.6 Å². The SMILES string of the molecule is Cc1oc([C@@H](Cc2c[nH]c3ccccc23)N(C(=O)[C@@H](N)CC(C)C)C(=O)N2CCCCCC2)nc1C(=O)NCC(=O)O. The number of nitrogens with two attached hydrogens (primary N) is 1. The Hall–Kier alpha value is -4.19. The number of likely N-dealkylation sites (tertiary alicyclic amines) is 1. The van der Waals surface area contributed by atoms with Gasteiger partial charge in [-0.25, -0.2) is 14.7 Å². The Bertz CT molecular complexity index is 1420. The highest BCUT2D eigenvalue weighted by molar-refractivity contribution is 5.98. The maximum atomic E-state index is 14.2. The zero-order chi connectivity index (χ0) is 30.4. The number of carboxylic acids is 1. The Morgan fingerprint density at radius 1 is 1.14 bits per heavy atom. The van der Waals surface area contributed by atoms with Crippen LogP contribution in [0.3, 0.4) is 0 Å². The number of para-hydroxylation sites is 1. The molecule has 1 fully saturated rings. The molecule has 1 aromatic carbocycles. The molecule has 3 heterocycles. The van der Waals surface area contributed by atoms with E-state index in [4.69, 9.17) is 15.3 Å². The number of fused-ring (bicyclic) bond motifs is 1. The van der Waals surface area contributed by atoms with Gasteiger partial charge in [0.15, 0.2) is 5.69 Å². The second-order valence-electron chi connectivity index (χ2n) is 11.2. The van der Waals surface area contributed by atoms with E-state index in [0.29, 0.717) is 19.5 Å². The second-order valence-corrected chi connectivity index (χ2v) is 11.2. The summed E-state index contributed by atoms with van der Waals surface area (Å²) in [5.74, 6) is -2.25. The maximum absolute atomic E-state index is 14.2. The first-order valence-electron chi connectivity index (χ1n) is 14.5. The molecule has 2 aromatic heterocycles. The lowest BCUT2D eigenvalue weighted by molar-refractivity contribution is -0.136. The number of hydrogen-bond donors (Lipinski definition) is 4. The molecule has 42 heavy (non-hydrogen) atoms. The summed E-state index contributed by atoms with van der Waals surface area (Å²) in [4.78, 5) is 62.6. The number of aromatic nitrogens is 2. The smallest absolute Gasteiger partial charge is 0.327 e. The Kier molecular flexibility index (Phi) is 10.00. The number of rotatable bonds is 10. The summed E-state index contributed by atoms with van der Waals surface area (Å²) in [6, 6.07) is 5.24. The van der Waals surface area contributed by atoms with E-state index in [9.17, 15) is 19.2 Å². The van der Waals surface area contributed by atoms with Gasteiger partial charge < -0.3 is 30.5 Å². The summed E-state index contributed by atoms with van der Waals surface area (Å²) < 4.78 is 5.98. The summed E-state index contributed by atoms with van der Waals surface area (Å²) >= 11 is 0. The number of aryl methyl sites for hydroxylation is 1. The van der Waals surface area contributed by atoms with Crippen LogP contribution in [-0.2, 0) is 16.0 Å². The number of nitrogens with zero attached hydrogens (tertiary/aromatic N) is 3. The van der Waals surface area contributed by atoms with Crippen LogP contribution in [0.4, 0.5) is 4.79 Å². The van der Waals surface area contributed by atoms with Gasteiger partial charge in [-0.05, 0) is 43.7 Å². The van der Waals surface area contributed by atoms with Gasteiger partial charge in [-0.2, -0.15) is 0 Å². The molecule has 1 aliphatic rings. The fraction of sp³-hybridized carbons (Fsp3) is 0.500. The van der Waals surface area contributed by atoms with Gasteiger partial charge in [0.1, 0.15) is 18.3 Å². The molecule has 0 spiro atoms. The first-order valence-corrected chi connectivity index (χ1v) is 14.5. The van der Waals surface area contributed by atoms with Crippen molar-refractivity contribution in [1.29, 1.82) is 0 Å². The van der Waals surface area contributed by atoms with Gasteiger partial charge >= 0.3 is 12.0 Å². The van der Waals surface area contributed by atoms with E-state index < -0.39 is 42.4 Å². The maximum Gasteiger partial charge on any atom is 0.327 e. The monoisotopic (exact) mass is 580 g/mol. The van der Waals surface area contributed by atoms with Crippen molar-refractivity contribution in [1.82, 2.24) is 25.1 Å². The highest BCUT2D eigenvalue weighted by Crippen LogP contribution is 2.32. The number of carbonyl (C=O) groups is 4. The van der Waals surface area contributed by atoms with Gasteiger partial charge in [0.25, 0.3) is 5.91 Å². The zero-order valence-electron chi connectivity index (χ0n) is 24.4. The van der Waals surface area contributed by atoms with Crippen LogP contribution in [0.5, 0.6) is 0 Å². The molecule has 1 aliphatic heterocycles. The number of urea groups is 1. The third kappa shape index (κ3) is 7.17. The lowest BCUT2D eigenvalue weighted by Crippen LogP contribution is -2.54. The number of carbonyl (C=O) groups excluding carboxylic acids is 3. The van der Waals surface area contributed by atoms with Gasteiger partial charge in [0.2, 0.25) is 11.8 Å². The topological polar surface area (TPSA) is 175 Å². The molecule has 0 bridgehead atoms. The number of aromatic amines is 1. The summed E-state index contributed by atoms with van der Waals surface area (Å²) in [5.41, 5.74) is 8.00. The fourth-order valence-electron chi connectivity index (χ4n) is 5.39. The number of carboxylic acid groups (broad SMARTS) is 1. The zero-order valence-corrected chi connectivity index (χ0v) is 24.4. The Balaban J connectivity index is 1.81. The average molecular weight is 581 g/mol. The van der Waals surface area contributed by atoms with E-state index in [1.807, 2.05) is 44.3 Å². The molecular formula is C30H40N6O6. The number of oxazole rings is 1. The Morgan fingerprint density at radius 2 is 1.83 bits per heavy atom. The van der Waals surface area contributed by atoms with E-state index in [2.05, 4.69) is 15.3 Å². The van der Waals surface area contributed by atoms with Crippen LogP contribution in [0, 0.1) is 12.8 Å². The van der Waals surface area contributed by atoms with Crippen LogP contribution in [-0.4, -0.2) is 74.4 Å². The van der Waals surface area contributed by atoms with Crippen LogP contribution in [0.1, 0.15) is 79.7 Å². The minimum atomic E-state index is -1.21. The number of nitrogens with one attached hydrogen (secondary N) is 2. The summed E-state index contributed by atoms with van der Waals surface area (Å²) in [5, 5.41) is 12.2. The van der Waals surface area contributed by atoms with Crippen molar-refractivity contribution in [2.24, 2.45) is 11.7 Å². The normalized spacial score (nSPS) is 15.3. The molecule has 1 saturated heterocycles. The first-order chi connectivity index (χ1) is 20.1. The summed E-state index contributed by atoms with van der Waals surface area (Å²) in [6.45, 7) is 5.86. The van der Waals surface area contributed by atoms with Crippen LogP contribution in [0.15, 0.2) is 34.9 Å². The van der Waals surface area contributed by atoms with E-state index in [1.54, 1.807) is 4.90 Å². The predicted molar refractivity (Wildman–Crippen MR) is 156 cm³/mol. The largest absolute Gasteiger partial charge is 0.480 e. The van der Waals surface area contributed by atoms with E-state index in [1.165, 1.54) is 11.8 Å². The second kappa shape index (κ2) is 13.6. The van der Waals surface area contributed by atoms with Gasteiger partial charge in [-0.1, -0.05) is 44.9 Å². The Labute approximate surface area is 244 Å². The third-order valence-electron chi connectivity index (χ3n) is 7.48. The highest BCUT2D eigenvalue weighted by Gasteiger charge is 2.40.